The molecule has 1 amide bonds. The van der Waals surface area contributed by atoms with Crippen molar-refractivity contribution < 1.29 is 4.79 Å². The van der Waals surface area contributed by atoms with Crippen LogP contribution in [0.3, 0.4) is 0 Å². The Kier molecular flexibility index (Phi) is 5.32. The molecular weight excluding hydrogens is 346 g/mol. The molecule has 5 nitrogen and oxygen atoms in total. The Morgan fingerprint density at radius 1 is 1.35 bits per heavy atom. The first-order valence-electron chi connectivity index (χ1n) is 8.42. The van der Waals surface area contributed by atoms with Crippen molar-refractivity contribution in [2.24, 2.45) is 0 Å². The summed E-state index contributed by atoms with van der Waals surface area (Å²) in [5.41, 5.74) is 0.423. The molecule has 0 aliphatic heterocycles. The first-order chi connectivity index (χ1) is 12.5. The topological polar surface area (TPSA) is 55.2 Å². The minimum absolute atomic E-state index is 0.130. The van der Waals surface area contributed by atoms with E-state index in [0.717, 1.165) is 4.88 Å². The molecule has 0 bridgehead atoms. The molecule has 2 aromatic heterocycles. The van der Waals surface area contributed by atoms with E-state index in [1.807, 2.05) is 25.1 Å². The molecule has 0 fully saturated rings. The number of aromatic nitrogens is 2. The predicted molar refractivity (Wildman–Crippen MR) is 105 cm³/mol. The molecule has 3 aromatic rings. The molecule has 2 heterocycles. The van der Waals surface area contributed by atoms with Gasteiger partial charge in [-0.3, -0.25) is 14.2 Å². The van der Waals surface area contributed by atoms with E-state index >= 15 is 0 Å². The number of hydrogen-bond donors (Lipinski definition) is 0. The maximum absolute atomic E-state index is 13.0. The van der Waals surface area contributed by atoms with Gasteiger partial charge in [-0.2, -0.15) is 0 Å². The number of carbonyl (C=O) groups excluding carboxylic acids is 1. The van der Waals surface area contributed by atoms with Gasteiger partial charge in [-0.25, -0.2) is 4.98 Å². The Morgan fingerprint density at radius 2 is 2.12 bits per heavy atom. The SMILES string of the molecule is C=CCN(Cc1ccc(C)s1)C(=O)[C@@H](C)n1cnc2ccccc2c1=O. The van der Waals surface area contributed by atoms with Crippen molar-refractivity contribution in [2.45, 2.75) is 26.4 Å². The Labute approximate surface area is 156 Å². The summed E-state index contributed by atoms with van der Waals surface area (Å²) in [6, 6.07) is 10.6. The monoisotopic (exact) mass is 367 g/mol. The lowest BCUT2D eigenvalue weighted by Crippen LogP contribution is -2.39. The fourth-order valence-corrected chi connectivity index (χ4v) is 3.79. The van der Waals surface area contributed by atoms with Crippen LogP contribution in [0.5, 0.6) is 0 Å². The summed E-state index contributed by atoms with van der Waals surface area (Å²) in [6.45, 7) is 8.45. The van der Waals surface area contributed by atoms with Crippen LogP contribution in [0.15, 0.2) is 60.2 Å². The molecule has 3 rings (SSSR count). The Hall–Kier alpha value is -2.73. The van der Waals surface area contributed by atoms with Gasteiger partial charge in [0, 0.05) is 16.3 Å². The third-order valence-electron chi connectivity index (χ3n) is 4.27. The summed E-state index contributed by atoms with van der Waals surface area (Å²) in [6.07, 6.45) is 3.15. The summed E-state index contributed by atoms with van der Waals surface area (Å²) >= 11 is 1.66. The maximum Gasteiger partial charge on any atom is 0.261 e. The Balaban J connectivity index is 1.90. The highest BCUT2D eigenvalue weighted by atomic mass is 32.1. The van der Waals surface area contributed by atoms with E-state index in [0.29, 0.717) is 24.0 Å². The molecule has 0 unspecified atom stereocenters. The second-order valence-corrected chi connectivity index (χ2v) is 7.54. The number of aryl methyl sites for hydroxylation is 1. The fourth-order valence-electron chi connectivity index (χ4n) is 2.89. The van der Waals surface area contributed by atoms with E-state index in [4.69, 9.17) is 0 Å². The van der Waals surface area contributed by atoms with E-state index in [9.17, 15) is 9.59 Å². The van der Waals surface area contributed by atoms with Gasteiger partial charge >= 0.3 is 0 Å². The average Bonchev–Trinajstić information content (AvgIpc) is 3.05. The zero-order valence-electron chi connectivity index (χ0n) is 14.9. The molecule has 134 valence electrons. The van der Waals surface area contributed by atoms with E-state index in [-0.39, 0.29) is 11.5 Å². The van der Waals surface area contributed by atoms with Crippen molar-refractivity contribution in [3.63, 3.8) is 0 Å². The lowest BCUT2D eigenvalue weighted by Gasteiger charge is -2.25. The van der Waals surface area contributed by atoms with E-state index in [2.05, 4.69) is 11.6 Å². The molecule has 1 aromatic carbocycles. The number of thiophene rings is 1. The lowest BCUT2D eigenvalue weighted by atomic mass is 10.2. The zero-order chi connectivity index (χ0) is 18.7. The number of fused-ring (bicyclic) bond motifs is 1. The van der Waals surface area contributed by atoms with Crippen LogP contribution >= 0.6 is 11.3 Å². The molecule has 0 aliphatic carbocycles. The molecule has 6 heteroatoms. The van der Waals surface area contributed by atoms with Crippen LogP contribution in [0.1, 0.15) is 22.7 Å². The number of para-hydroxylation sites is 1. The molecule has 0 spiro atoms. The van der Waals surface area contributed by atoms with Crippen LogP contribution in [0.2, 0.25) is 0 Å². The molecule has 1 atom stereocenters. The minimum atomic E-state index is -0.638. The van der Waals surface area contributed by atoms with Crippen molar-refractivity contribution in [2.75, 3.05) is 6.54 Å². The van der Waals surface area contributed by atoms with Crippen molar-refractivity contribution in [1.29, 1.82) is 0 Å². The van der Waals surface area contributed by atoms with Crippen molar-refractivity contribution >= 4 is 28.1 Å². The van der Waals surface area contributed by atoms with Crippen LogP contribution < -0.4 is 5.56 Å². The number of carbonyl (C=O) groups is 1. The number of benzene rings is 1. The van der Waals surface area contributed by atoms with Crippen LogP contribution in [0.4, 0.5) is 0 Å². The highest BCUT2D eigenvalue weighted by Crippen LogP contribution is 2.19. The molecule has 0 radical (unpaired) electrons. The van der Waals surface area contributed by atoms with Gasteiger partial charge in [-0.1, -0.05) is 18.2 Å². The van der Waals surface area contributed by atoms with Gasteiger partial charge in [-0.05, 0) is 38.1 Å². The van der Waals surface area contributed by atoms with Crippen molar-refractivity contribution in [3.05, 3.63) is 75.5 Å². The first-order valence-corrected chi connectivity index (χ1v) is 9.23. The second kappa shape index (κ2) is 7.66. The molecule has 26 heavy (non-hydrogen) atoms. The Morgan fingerprint density at radius 3 is 2.81 bits per heavy atom. The van der Waals surface area contributed by atoms with Crippen molar-refractivity contribution in [1.82, 2.24) is 14.5 Å². The van der Waals surface area contributed by atoms with Gasteiger partial charge in [-0.15, -0.1) is 17.9 Å². The predicted octanol–water partition coefficient (Wildman–Crippen LogP) is 3.54. The Bertz CT molecular complexity index is 1010. The number of amides is 1. The molecule has 0 saturated heterocycles. The highest BCUT2D eigenvalue weighted by molar-refractivity contribution is 7.11. The minimum Gasteiger partial charge on any atom is -0.332 e. The summed E-state index contributed by atoms with van der Waals surface area (Å²) in [7, 11) is 0. The van der Waals surface area contributed by atoms with E-state index in [1.54, 1.807) is 47.4 Å². The van der Waals surface area contributed by atoms with Crippen molar-refractivity contribution in [3.8, 4) is 0 Å². The summed E-state index contributed by atoms with van der Waals surface area (Å²) in [5.74, 6) is -0.130. The molecule has 0 saturated carbocycles. The molecular formula is C20H21N3O2S. The number of rotatable bonds is 6. The number of nitrogens with zero attached hydrogens (tertiary/aromatic N) is 3. The van der Waals surface area contributed by atoms with Gasteiger partial charge in [0.25, 0.3) is 5.56 Å². The van der Waals surface area contributed by atoms with Gasteiger partial charge in [0.2, 0.25) is 5.91 Å². The normalized spacial score (nSPS) is 12.1. The van der Waals surface area contributed by atoms with Crippen LogP contribution in [0, 0.1) is 6.92 Å². The highest BCUT2D eigenvalue weighted by Gasteiger charge is 2.23. The molecule has 0 N–H and O–H groups in total. The smallest absolute Gasteiger partial charge is 0.261 e. The fraction of sp³-hybridized carbons (Fsp3) is 0.250. The standard InChI is InChI=1S/C20H21N3O2S/c1-4-11-22(12-16-10-9-14(2)26-16)19(24)15(3)23-13-21-18-8-6-5-7-17(18)20(23)25/h4-10,13,15H,1,11-12H2,2-3H3/t15-/m1/s1. The lowest BCUT2D eigenvalue weighted by molar-refractivity contribution is -0.134. The van der Waals surface area contributed by atoms with E-state index in [1.165, 1.54) is 15.8 Å². The van der Waals surface area contributed by atoms with Gasteiger partial charge < -0.3 is 4.90 Å². The average molecular weight is 367 g/mol. The van der Waals surface area contributed by atoms with Crippen LogP contribution in [-0.4, -0.2) is 26.9 Å². The summed E-state index contributed by atoms with van der Waals surface area (Å²) in [4.78, 5) is 34.1. The van der Waals surface area contributed by atoms with Crippen LogP contribution in [-0.2, 0) is 11.3 Å². The first kappa shape index (κ1) is 18.1. The maximum atomic E-state index is 13.0. The van der Waals surface area contributed by atoms with E-state index < -0.39 is 6.04 Å². The third-order valence-corrected chi connectivity index (χ3v) is 5.25. The quantitative estimate of drug-likeness (QED) is 0.626. The third kappa shape index (κ3) is 3.60. The summed E-state index contributed by atoms with van der Waals surface area (Å²) < 4.78 is 1.40. The van der Waals surface area contributed by atoms with Gasteiger partial charge in [0.1, 0.15) is 6.04 Å². The zero-order valence-corrected chi connectivity index (χ0v) is 15.7. The molecule has 0 aliphatic rings. The van der Waals surface area contributed by atoms with Gasteiger partial charge in [0.15, 0.2) is 0 Å². The van der Waals surface area contributed by atoms with Gasteiger partial charge in [0.05, 0.1) is 23.8 Å². The largest absolute Gasteiger partial charge is 0.332 e. The second-order valence-electron chi connectivity index (χ2n) is 6.17. The summed E-state index contributed by atoms with van der Waals surface area (Å²) in [5, 5.41) is 0.513. The number of hydrogen-bond acceptors (Lipinski definition) is 4. The van der Waals surface area contributed by atoms with Crippen LogP contribution in [0.25, 0.3) is 10.9 Å².